The lowest BCUT2D eigenvalue weighted by Crippen LogP contribution is -2.30. The fraction of sp³-hybridized carbons (Fsp3) is 0.238. The summed E-state index contributed by atoms with van der Waals surface area (Å²) in [7, 11) is -2.07. The fourth-order valence-corrected chi connectivity index (χ4v) is 4.66. The summed E-state index contributed by atoms with van der Waals surface area (Å²) in [6, 6.07) is 12.8. The van der Waals surface area contributed by atoms with Crippen molar-refractivity contribution in [2.75, 3.05) is 5.32 Å². The van der Waals surface area contributed by atoms with Gasteiger partial charge in [-0.3, -0.25) is 9.59 Å². The van der Waals surface area contributed by atoms with Crippen LogP contribution in [0.1, 0.15) is 29.8 Å². The minimum absolute atomic E-state index is 0.0952. The number of aromatic nitrogens is 1. The molecule has 0 fully saturated rings. The van der Waals surface area contributed by atoms with Gasteiger partial charge in [0.05, 0.1) is 16.0 Å². The van der Waals surface area contributed by atoms with E-state index in [1.165, 1.54) is 16.7 Å². The minimum atomic E-state index is -3.71. The van der Waals surface area contributed by atoms with Crippen LogP contribution in [0.2, 0.25) is 0 Å². The highest BCUT2D eigenvalue weighted by Gasteiger charge is 2.20. The van der Waals surface area contributed by atoms with Crippen LogP contribution in [0.5, 0.6) is 0 Å². The molecule has 3 rings (SSSR count). The maximum absolute atomic E-state index is 12.9. The molecule has 2 aromatic carbocycles. The molecule has 1 heterocycles. The Morgan fingerprint density at radius 1 is 1.07 bits per heavy atom. The zero-order valence-corrected chi connectivity index (χ0v) is 17.5. The summed E-state index contributed by atoms with van der Waals surface area (Å²) < 4.78 is 29.1. The number of benzene rings is 2. The first-order chi connectivity index (χ1) is 13.6. The van der Waals surface area contributed by atoms with Crippen molar-refractivity contribution in [3.63, 3.8) is 0 Å². The van der Waals surface area contributed by atoms with E-state index >= 15 is 0 Å². The summed E-state index contributed by atoms with van der Waals surface area (Å²) in [4.78, 5) is 25.2. The maximum atomic E-state index is 12.9. The number of rotatable bonds is 5. The van der Waals surface area contributed by atoms with Crippen LogP contribution >= 0.6 is 0 Å². The number of amides is 1. The van der Waals surface area contributed by atoms with Crippen molar-refractivity contribution < 1.29 is 13.2 Å². The van der Waals surface area contributed by atoms with Gasteiger partial charge in [0, 0.05) is 30.2 Å². The number of pyridine rings is 1. The fourth-order valence-electron chi connectivity index (χ4n) is 3.14. The number of fused-ring (bicyclic) bond motifs is 1. The molecule has 0 saturated heterocycles. The third-order valence-electron chi connectivity index (χ3n) is 4.52. The number of para-hydroxylation sites is 1. The van der Waals surface area contributed by atoms with E-state index in [0.29, 0.717) is 22.2 Å². The Kier molecular flexibility index (Phi) is 5.59. The summed E-state index contributed by atoms with van der Waals surface area (Å²) in [6.07, 6.45) is 0. The molecule has 0 unspecified atom stereocenters. The third-order valence-corrected chi connectivity index (χ3v) is 6.33. The van der Waals surface area contributed by atoms with Crippen molar-refractivity contribution in [3.05, 3.63) is 70.0 Å². The molecule has 0 aliphatic carbocycles. The molecule has 0 saturated carbocycles. The van der Waals surface area contributed by atoms with Crippen molar-refractivity contribution in [2.24, 2.45) is 7.05 Å². The number of carbonyl (C=O) groups excluding carboxylic acids is 1. The van der Waals surface area contributed by atoms with Gasteiger partial charge in [0.2, 0.25) is 10.0 Å². The maximum Gasteiger partial charge on any atom is 0.256 e. The third kappa shape index (κ3) is 4.23. The highest BCUT2D eigenvalue weighted by atomic mass is 32.2. The molecule has 0 spiro atoms. The second-order valence-electron chi connectivity index (χ2n) is 7.18. The molecule has 152 valence electrons. The quantitative estimate of drug-likeness (QED) is 0.672. The average molecular weight is 413 g/mol. The highest BCUT2D eigenvalue weighted by molar-refractivity contribution is 7.89. The largest absolute Gasteiger partial charge is 0.322 e. The first kappa shape index (κ1) is 20.8. The summed E-state index contributed by atoms with van der Waals surface area (Å²) in [5, 5.41) is 3.34. The van der Waals surface area contributed by atoms with E-state index < -0.39 is 15.9 Å². The number of nitrogens with one attached hydrogen (secondary N) is 2. The average Bonchev–Trinajstić information content (AvgIpc) is 2.65. The molecule has 8 heteroatoms. The first-order valence-corrected chi connectivity index (χ1v) is 10.6. The second-order valence-corrected chi connectivity index (χ2v) is 8.87. The van der Waals surface area contributed by atoms with E-state index in [4.69, 9.17) is 0 Å². The molecule has 0 atom stereocenters. The molecule has 0 bridgehead atoms. The number of hydrogen-bond acceptors (Lipinski definition) is 4. The Labute approximate surface area is 169 Å². The van der Waals surface area contributed by atoms with Gasteiger partial charge in [0.15, 0.2) is 0 Å². The number of sulfonamides is 1. The van der Waals surface area contributed by atoms with Gasteiger partial charge in [-0.15, -0.1) is 0 Å². The SMILES string of the molecule is Cc1ccc(NC(=O)c2cc(=O)n(C)c3ccccc23)cc1S(=O)(=O)NC(C)C. The van der Waals surface area contributed by atoms with Gasteiger partial charge in [-0.25, -0.2) is 13.1 Å². The van der Waals surface area contributed by atoms with Crippen LogP contribution in [0.15, 0.2) is 58.2 Å². The van der Waals surface area contributed by atoms with E-state index in [9.17, 15) is 18.0 Å². The van der Waals surface area contributed by atoms with Crippen LogP contribution < -0.4 is 15.6 Å². The number of carbonyl (C=O) groups is 1. The van der Waals surface area contributed by atoms with Crippen LogP contribution in [0.4, 0.5) is 5.69 Å². The van der Waals surface area contributed by atoms with Crippen LogP contribution in [0.25, 0.3) is 10.9 Å². The Bertz CT molecular complexity index is 1260. The zero-order chi connectivity index (χ0) is 21.3. The highest BCUT2D eigenvalue weighted by Crippen LogP contribution is 2.22. The van der Waals surface area contributed by atoms with Crippen LogP contribution in [-0.4, -0.2) is 24.9 Å². The first-order valence-electron chi connectivity index (χ1n) is 9.13. The van der Waals surface area contributed by atoms with Crippen LogP contribution in [0.3, 0.4) is 0 Å². The molecule has 2 N–H and O–H groups in total. The van der Waals surface area contributed by atoms with Crippen molar-refractivity contribution in [2.45, 2.75) is 31.7 Å². The second kappa shape index (κ2) is 7.81. The predicted octanol–water partition coefficient (Wildman–Crippen LogP) is 2.79. The Morgan fingerprint density at radius 2 is 1.76 bits per heavy atom. The number of nitrogens with zero attached hydrogens (tertiary/aromatic N) is 1. The lowest BCUT2D eigenvalue weighted by molar-refractivity contribution is 0.102. The smallest absolute Gasteiger partial charge is 0.256 e. The topological polar surface area (TPSA) is 97.3 Å². The van der Waals surface area contributed by atoms with Crippen LogP contribution in [-0.2, 0) is 17.1 Å². The predicted molar refractivity (Wildman–Crippen MR) is 114 cm³/mol. The van der Waals surface area contributed by atoms with E-state index in [2.05, 4.69) is 10.0 Å². The van der Waals surface area contributed by atoms with E-state index in [1.54, 1.807) is 64.2 Å². The van der Waals surface area contributed by atoms with E-state index in [0.717, 1.165) is 0 Å². The van der Waals surface area contributed by atoms with Gasteiger partial charge in [-0.2, -0.15) is 0 Å². The molecular weight excluding hydrogens is 390 g/mol. The summed E-state index contributed by atoms with van der Waals surface area (Å²) in [5.74, 6) is -0.483. The molecule has 29 heavy (non-hydrogen) atoms. The minimum Gasteiger partial charge on any atom is -0.322 e. The lowest BCUT2D eigenvalue weighted by Gasteiger charge is -2.14. The monoisotopic (exact) mass is 413 g/mol. The molecule has 0 aliphatic rings. The van der Waals surface area contributed by atoms with Crippen molar-refractivity contribution in [1.82, 2.24) is 9.29 Å². The Morgan fingerprint density at radius 3 is 2.45 bits per heavy atom. The Hall–Kier alpha value is -2.97. The van der Waals surface area contributed by atoms with Crippen molar-refractivity contribution >= 4 is 32.5 Å². The molecular formula is C21H23N3O4S. The summed E-state index contributed by atoms with van der Waals surface area (Å²) >= 11 is 0. The van der Waals surface area contributed by atoms with E-state index in [-0.39, 0.29) is 22.1 Å². The van der Waals surface area contributed by atoms with Gasteiger partial charge in [0.25, 0.3) is 11.5 Å². The zero-order valence-electron chi connectivity index (χ0n) is 16.7. The van der Waals surface area contributed by atoms with Crippen molar-refractivity contribution in [3.8, 4) is 0 Å². The van der Waals surface area contributed by atoms with Gasteiger partial charge < -0.3 is 9.88 Å². The van der Waals surface area contributed by atoms with Gasteiger partial charge >= 0.3 is 0 Å². The molecule has 1 aromatic heterocycles. The number of anilines is 1. The molecule has 0 radical (unpaired) electrons. The van der Waals surface area contributed by atoms with Crippen LogP contribution in [0, 0.1) is 6.92 Å². The number of aryl methyl sites for hydroxylation is 2. The lowest BCUT2D eigenvalue weighted by atomic mass is 10.1. The van der Waals surface area contributed by atoms with Gasteiger partial charge in [-0.05, 0) is 44.5 Å². The van der Waals surface area contributed by atoms with E-state index in [1.807, 2.05) is 0 Å². The summed E-state index contributed by atoms with van der Waals surface area (Å²) in [6.45, 7) is 5.16. The summed E-state index contributed by atoms with van der Waals surface area (Å²) in [5.41, 5.74) is 1.46. The normalized spacial score (nSPS) is 11.8. The standard InChI is InChI=1S/C21H23N3O4S/c1-13(2)23-29(27,28)19-11-15(10-9-14(19)3)22-21(26)17-12-20(25)24(4)18-8-6-5-7-16(17)18/h5-13,23H,1-4H3,(H,22,26). The molecule has 1 amide bonds. The molecule has 3 aromatic rings. The van der Waals surface area contributed by atoms with Crippen molar-refractivity contribution in [1.29, 1.82) is 0 Å². The molecule has 0 aliphatic heterocycles. The van der Waals surface area contributed by atoms with Gasteiger partial charge in [0.1, 0.15) is 0 Å². The molecule has 7 nitrogen and oxygen atoms in total. The Balaban J connectivity index is 2.01. The van der Waals surface area contributed by atoms with Gasteiger partial charge in [-0.1, -0.05) is 24.3 Å². The number of hydrogen-bond donors (Lipinski definition) is 2.